The summed E-state index contributed by atoms with van der Waals surface area (Å²) < 4.78 is 7.19. The molecule has 4 rings (SSSR count). The van der Waals surface area contributed by atoms with Crippen LogP contribution in [0.3, 0.4) is 0 Å². The van der Waals surface area contributed by atoms with E-state index in [0.29, 0.717) is 28.4 Å². The monoisotopic (exact) mass is 409 g/mol. The van der Waals surface area contributed by atoms with Gasteiger partial charge in [-0.05, 0) is 50.2 Å². The fourth-order valence-electron chi connectivity index (χ4n) is 2.91. The van der Waals surface area contributed by atoms with Gasteiger partial charge in [0, 0.05) is 11.1 Å². The highest BCUT2D eigenvalue weighted by molar-refractivity contribution is 7.98. The second-order valence-corrected chi connectivity index (χ2v) is 8.13. The minimum absolute atomic E-state index is 0.0771. The molecule has 2 heterocycles. The van der Waals surface area contributed by atoms with Crippen molar-refractivity contribution in [3.8, 4) is 11.4 Å². The minimum atomic E-state index is -0.0771. The summed E-state index contributed by atoms with van der Waals surface area (Å²) in [5.74, 6) is 1.44. The molecule has 0 saturated carbocycles. The fourth-order valence-corrected chi connectivity index (χ4v) is 4.53. The van der Waals surface area contributed by atoms with Crippen molar-refractivity contribution < 1.29 is 4.74 Å². The SMILES string of the molecule is CCOc1ccc(-n2c(SCc3csc(C)n3)nc3ccccc3c2=O)cc1. The van der Waals surface area contributed by atoms with Crippen molar-refractivity contribution in [2.24, 2.45) is 0 Å². The first-order valence-corrected chi connectivity index (χ1v) is 10.8. The van der Waals surface area contributed by atoms with Gasteiger partial charge in [-0.2, -0.15) is 0 Å². The molecule has 0 fully saturated rings. The summed E-state index contributed by atoms with van der Waals surface area (Å²) in [6.45, 7) is 4.54. The largest absolute Gasteiger partial charge is 0.494 e. The molecule has 142 valence electrons. The van der Waals surface area contributed by atoms with Gasteiger partial charge in [0.1, 0.15) is 5.75 Å². The van der Waals surface area contributed by atoms with Gasteiger partial charge in [-0.1, -0.05) is 23.9 Å². The van der Waals surface area contributed by atoms with Gasteiger partial charge in [0.15, 0.2) is 5.16 Å². The highest BCUT2D eigenvalue weighted by Gasteiger charge is 2.14. The first-order chi connectivity index (χ1) is 13.7. The molecular formula is C21H19N3O2S2. The molecule has 28 heavy (non-hydrogen) atoms. The van der Waals surface area contributed by atoms with E-state index in [1.54, 1.807) is 15.9 Å². The molecule has 0 N–H and O–H groups in total. The van der Waals surface area contributed by atoms with E-state index < -0.39 is 0 Å². The Hall–Kier alpha value is -2.64. The third-order valence-corrected chi connectivity index (χ3v) is 5.96. The molecule has 0 atom stereocenters. The molecule has 0 unspecified atom stereocenters. The summed E-state index contributed by atoms with van der Waals surface area (Å²) in [6, 6.07) is 15.0. The average Bonchev–Trinajstić information content (AvgIpc) is 3.13. The molecule has 4 aromatic rings. The first kappa shape index (κ1) is 18.7. The molecule has 2 aromatic heterocycles. The van der Waals surface area contributed by atoms with E-state index in [4.69, 9.17) is 9.72 Å². The van der Waals surface area contributed by atoms with E-state index in [1.807, 2.05) is 67.8 Å². The number of aromatic nitrogens is 3. The van der Waals surface area contributed by atoms with E-state index >= 15 is 0 Å². The van der Waals surface area contributed by atoms with Gasteiger partial charge < -0.3 is 4.74 Å². The summed E-state index contributed by atoms with van der Waals surface area (Å²) in [5.41, 5.74) is 2.38. The highest BCUT2D eigenvalue weighted by Crippen LogP contribution is 2.26. The van der Waals surface area contributed by atoms with Crippen molar-refractivity contribution >= 4 is 34.0 Å². The number of thiazole rings is 1. The molecule has 0 saturated heterocycles. The van der Waals surface area contributed by atoms with Crippen LogP contribution in [0.4, 0.5) is 0 Å². The minimum Gasteiger partial charge on any atom is -0.494 e. The van der Waals surface area contributed by atoms with Crippen molar-refractivity contribution in [1.82, 2.24) is 14.5 Å². The Balaban J connectivity index is 1.79. The Kier molecular flexibility index (Phi) is 5.45. The van der Waals surface area contributed by atoms with Crippen molar-refractivity contribution in [2.75, 3.05) is 6.61 Å². The van der Waals surface area contributed by atoms with E-state index in [9.17, 15) is 4.79 Å². The number of benzene rings is 2. The number of rotatable bonds is 6. The Morgan fingerprint density at radius 2 is 1.89 bits per heavy atom. The molecule has 0 bridgehead atoms. The number of nitrogens with zero attached hydrogens (tertiary/aromatic N) is 3. The summed E-state index contributed by atoms with van der Waals surface area (Å²) in [4.78, 5) is 22.5. The second kappa shape index (κ2) is 8.16. The van der Waals surface area contributed by atoms with Gasteiger partial charge >= 0.3 is 0 Å². The van der Waals surface area contributed by atoms with Gasteiger partial charge in [0.2, 0.25) is 0 Å². The third kappa shape index (κ3) is 3.81. The van der Waals surface area contributed by atoms with Crippen LogP contribution in [-0.4, -0.2) is 21.1 Å². The summed E-state index contributed by atoms with van der Waals surface area (Å²) in [6.07, 6.45) is 0. The van der Waals surface area contributed by atoms with Crippen molar-refractivity contribution in [2.45, 2.75) is 24.8 Å². The number of hydrogen-bond acceptors (Lipinski definition) is 6. The lowest BCUT2D eigenvalue weighted by atomic mass is 10.2. The van der Waals surface area contributed by atoms with Crippen molar-refractivity contribution in [3.63, 3.8) is 0 Å². The number of para-hydroxylation sites is 1. The molecule has 2 aromatic carbocycles. The van der Waals surface area contributed by atoms with Crippen LogP contribution in [0.25, 0.3) is 16.6 Å². The van der Waals surface area contributed by atoms with Gasteiger partial charge in [-0.3, -0.25) is 9.36 Å². The molecule has 0 radical (unpaired) electrons. The fraction of sp³-hybridized carbons (Fsp3) is 0.190. The third-order valence-electron chi connectivity index (χ3n) is 4.17. The molecule has 0 aliphatic rings. The zero-order chi connectivity index (χ0) is 19.5. The lowest BCUT2D eigenvalue weighted by molar-refractivity contribution is 0.340. The molecule has 0 aliphatic heterocycles. The van der Waals surface area contributed by atoms with Gasteiger partial charge in [-0.15, -0.1) is 11.3 Å². The lowest BCUT2D eigenvalue weighted by Gasteiger charge is -2.13. The molecular weight excluding hydrogens is 390 g/mol. The Bertz CT molecular complexity index is 1170. The zero-order valence-corrected chi connectivity index (χ0v) is 17.2. The van der Waals surface area contributed by atoms with E-state index in [1.165, 1.54) is 11.8 Å². The van der Waals surface area contributed by atoms with Gasteiger partial charge in [0.05, 0.1) is 33.9 Å². The van der Waals surface area contributed by atoms with Crippen LogP contribution in [0, 0.1) is 6.92 Å². The summed E-state index contributed by atoms with van der Waals surface area (Å²) >= 11 is 3.14. The van der Waals surface area contributed by atoms with E-state index in [0.717, 1.165) is 22.1 Å². The quantitative estimate of drug-likeness (QED) is 0.337. The maximum absolute atomic E-state index is 13.2. The summed E-state index contributed by atoms with van der Waals surface area (Å²) in [7, 11) is 0. The number of ether oxygens (including phenoxy) is 1. The predicted molar refractivity (Wildman–Crippen MR) is 115 cm³/mol. The topological polar surface area (TPSA) is 57.0 Å². The van der Waals surface area contributed by atoms with Gasteiger partial charge in [-0.25, -0.2) is 9.97 Å². The van der Waals surface area contributed by atoms with Crippen LogP contribution >= 0.6 is 23.1 Å². The maximum atomic E-state index is 13.2. The van der Waals surface area contributed by atoms with Crippen LogP contribution in [0.2, 0.25) is 0 Å². The Labute approximate surface area is 171 Å². The lowest BCUT2D eigenvalue weighted by Crippen LogP contribution is -2.21. The van der Waals surface area contributed by atoms with E-state index in [2.05, 4.69) is 4.98 Å². The average molecular weight is 410 g/mol. The van der Waals surface area contributed by atoms with Crippen LogP contribution in [0.5, 0.6) is 5.75 Å². The number of thioether (sulfide) groups is 1. The Morgan fingerprint density at radius 3 is 2.61 bits per heavy atom. The zero-order valence-electron chi connectivity index (χ0n) is 15.6. The smallest absolute Gasteiger partial charge is 0.266 e. The normalized spacial score (nSPS) is 11.1. The van der Waals surface area contributed by atoms with Crippen molar-refractivity contribution in [1.29, 1.82) is 0 Å². The number of aryl methyl sites for hydroxylation is 1. The Morgan fingerprint density at radius 1 is 1.11 bits per heavy atom. The number of hydrogen-bond donors (Lipinski definition) is 0. The standard InChI is InChI=1S/C21H19N3O2S2/c1-3-26-17-10-8-16(9-11-17)24-20(25)18-6-4-5-7-19(18)23-21(24)28-13-15-12-27-14(2)22-15/h4-12H,3,13H2,1-2H3. The van der Waals surface area contributed by atoms with Crippen LogP contribution in [0.1, 0.15) is 17.6 Å². The molecule has 7 heteroatoms. The molecule has 0 spiro atoms. The van der Waals surface area contributed by atoms with Crippen LogP contribution in [-0.2, 0) is 5.75 Å². The maximum Gasteiger partial charge on any atom is 0.266 e. The van der Waals surface area contributed by atoms with Crippen molar-refractivity contribution in [3.05, 3.63) is 75.0 Å². The summed E-state index contributed by atoms with van der Waals surface area (Å²) in [5, 5.41) is 4.33. The van der Waals surface area contributed by atoms with Crippen LogP contribution < -0.4 is 10.3 Å². The van der Waals surface area contributed by atoms with Gasteiger partial charge in [0.25, 0.3) is 5.56 Å². The predicted octanol–water partition coefficient (Wildman–Crippen LogP) is 4.84. The molecule has 0 aliphatic carbocycles. The first-order valence-electron chi connectivity index (χ1n) is 8.94. The molecule has 5 nitrogen and oxygen atoms in total. The highest BCUT2D eigenvalue weighted by atomic mass is 32.2. The second-order valence-electron chi connectivity index (χ2n) is 6.13. The van der Waals surface area contributed by atoms with E-state index in [-0.39, 0.29) is 5.56 Å². The van der Waals surface area contributed by atoms with Crippen LogP contribution in [0.15, 0.2) is 63.9 Å². The molecule has 0 amide bonds. The number of fused-ring (bicyclic) bond motifs is 1.